The van der Waals surface area contributed by atoms with Crippen LogP contribution in [0.25, 0.3) is 5.76 Å². The van der Waals surface area contributed by atoms with Crippen molar-refractivity contribution in [2.75, 3.05) is 14.1 Å². The lowest BCUT2D eigenvalue weighted by Gasteiger charge is -2.55. The lowest BCUT2D eigenvalue weighted by Crippen LogP contribution is -2.71. The quantitative estimate of drug-likeness (QED) is 0.257. The number of hydrogen-bond acceptors (Lipinski definition) is 10. The zero-order chi connectivity index (χ0) is 24.8. The molecule has 1 amide bonds. The first-order chi connectivity index (χ1) is 15.2. The molecule has 0 bridgehead atoms. The highest BCUT2D eigenvalue weighted by atomic mass is 16.4. The van der Waals surface area contributed by atoms with Gasteiger partial charge in [0.25, 0.3) is 5.91 Å². The van der Waals surface area contributed by atoms with E-state index in [4.69, 9.17) is 5.73 Å². The number of rotatable bonds is 2. The molecule has 4 rings (SSSR count). The number of ketones is 2. The Kier molecular flexibility index (Phi) is 4.78. The molecule has 1 fully saturated rings. The maximum Gasteiger partial charge on any atom is 0.255 e. The second kappa shape index (κ2) is 6.87. The monoisotopic (exact) mass is 460 g/mol. The Hall–Kier alpha value is -3.25. The molecule has 11 heteroatoms. The Bertz CT molecular complexity index is 1180. The number of primary amides is 1. The van der Waals surface area contributed by atoms with Crippen LogP contribution in [-0.2, 0) is 20.0 Å². The van der Waals surface area contributed by atoms with Gasteiger partial charge in [-0.2, -0.15) is 0 Å². The van der Waals surface area contributed by atoms with E-state index in [1.807, 2.05) is 0 Å². The molecule has 0 heterocycles. The van der Waals surface area contributed by atoms with E-state index in [-0.39, 0.29) is 11.1 Å². The number of aliphatic hydroxyl groups is 5. The summed E-state index contributed by atoms with van der Waals surface area (Å²) in [5, 5.41) is 66.3. The molecule has 0 radical (unpaired) electrons. The first-order valence-electron chi connectivity index (χ1n) is 10.1. The molecule has 1 saturated carbocycles. The van der Waals surface area contributed by atoms with Gasteiger partial charge in [-0.25, -0.2) is 0 Å². The molecule has 0 saturated heterocycles. The fourth-order valence-electron chi connectivity index (χ4n) is 5.60. The fraction of sp³-hybridized carbons (Fsp3) is 0.409. The summed E-state index contributed by atoms with van der Waals surface area (Å²) in [6.07, 6.45) is -1.87. The summed E-state index contributed by atoms with van der Waals surface area (Å²) >= 11 is 0. The van der Waals surface area contributed by atoms with Crippen molar-refractivity contribution >= 4 is 23.2 Å². The maximum absolute atomic E-state index is 13.7. The van der Waals surface area contributed by atoms with E-state index >= 15 is 0 Å². The number of hydrogen-bond donors (Lipinski definition) is 7. The average molecular weight is 460 g/mol. The minimum absolute atomic E-state index is 0.00664. The van der Waals surface area contributed by atoms with E-state index in [0.29, 0.717) is 0 Å². The Morgan fingerprint density at radius 3 is 2.27 bits per heavy atom. The number of amides is 1. The third-order valence-corrected chi connectivity index (χ3v) is 7.03. The highest BCUT2D eigenvalue weighted by Gasteiger charge is 2.70. The molecule has 33 heavy (non-hydrogen) atoms. The number of carbonyl (C=O) groups is 3. The van der Waals surface area contributed by atoms with Gasteiger partial charge in [0.2, 0.25) is 5.78 Å². The zero-order valence-electron chi connectivity index (χ0n) is 18.0. The first kappa shape index (κ1) is 22.9. The Morgan fingerprint density at radius 2 is 1.73 bits per heavy atom. The van der Waals surface area contributed by atoms with Crippen LogP contribution in [0.15, 0.2) is 35.1 Å². The van der Waals surface area contributed by atoms with E-state index in [0.717, 1.165) is 0 Å². The van der Waals surface area contributed by atoms with Gasteiger partial charge in [0.1, 0.15) is 22.8 Å². The largest absolute Gasteiger partial charge is 0.508 e. The van der Waals surface area contributed by atoms with Crippen LogP contribution < -0.4 is 5.73 Å². The number of fused-ring (bicyclic) bond motifs is 3. The van der Waals surface area contributed by atoms with Crippen molar-refractivity contribution in [3.63, 3.8) is 0 Å². The van der Waals surface area contributed by atoms with Crippen molar-refractivity contribution in [2.45, 2.75) is 30.3 Å². The smallest absolute Gasteiger partial charge is 0.255 e. The number of aromatic hydroxyl groups is 1. The SMILES string of the molecule is CN(C)[C@@H]1C(=O)C(C(N)=O)=C(O)[C@@]2(O)C(=O)C3=C(O)c4c(O)cccc4[C@](C)(O)[C@@H]3[C@@H](O)[C@@H]12. The van der Waals surface area contributed by atoms with Crippen LogP contribution in [0.4, 0.5) is 0 Å². The molecule has 0 aromatic heterocycles. The van der Waals surface area contributed by atoms with Gasteiger partial charge in [-0.15, -0.1) is 0 Å². The molecule has 6 atom stereocenters. The zero-order valence-corrected chi connectivity index (χ0v) is 18.0. The van der Waals surface area contributed by atoms with Crippen molar-refractivity contribution < 1.29 is 45.0 Å². The molecular weight excluding hydrogens is 436 g/mol. The summed E-state index contributed by atoms with van der Waals surface area (Å²) in [6.45, 7) is 1.25. The predicted octanol–water partition coefficient (Wildman–Crippen LogP) is -1.40. The molecule has 0 spiro atoms. The lowest BCUT2D eigenvalue weighted by atomic mass is 9.53. The highest BCUT2D eigenvalue weighted by molar-refractivity contribution is 6.24. The fourth-order valence-corrected chi connectivity index (χ4v) is 5.60. The van der Waals surface area contributed by atoms with Crippen LogP contribution in [0.2, 0.25) is 0 Å². The molecule has 11 nitrogen and oxygen atoms in total. The van der Waals surface area contributed by atoms with Gasteiger partial charge in [-0.1, -0.05) is 12.1 Å². The molecular formula is C22H24N2O9. The number of phenolic OH excluding ortho intramolecular Hbond substituents is 1. The third kappa shape index (κ3) is 2.61. The van der Waals surface area contributed by atoms with Crippen molar-refractivity contribution in [1.82, 2.24) is 4.90 Å². The molecule has 176 valence electrons. The van der Waals surface area contributed by atoms with Crippen molar-refractivity contribution in [3.05, 3.63) is 46.2 Å². The van der Waals surface area contributed by atoms with E-state index < -0.39 is 81.1 Å². The van der Waals surface area contributed by atoms with Gasteiger partial charge in [-0.3, -0.25) is 19.3 Å². The minimum atomic E-state index is -3.02. The third-order valence-electron chi connectivity index (χ3n) is 7.03. The number of aliphatic hydroxyl groups excluding tert-OH is 3. The van der Waals surface area contributed by atoms with Crippen LogP contribution in [-0.4, -0.2) is 84.9 Å². The van der Waals surface area contributed by atoms with E-state index in [2.05, 4.69) is 0 Å². The standard InChI is InChI=1S/C22H24N2O9/c1-21(32)7-5-4-6-8(25)9(7)15(26)10-12(21)17(28)13-14(24(2)3)16(27)11(20(23)31)19(30)22(13,33)18(10)29/h4-6,12-14,17,25-26,28,30,32-33H,1-3H3,(H2,23,31)/t12-,13+,14-,17+,21-,22-/m0/s1. The molecule has 8 N–H and O–H groups in total. The number of benzene rings is 1. The lowest BCUT2D eigenvalue weighted by molar-refractivity contribution is -0.181. The second-order valence-corrected chi connectivity index (χ2v) is 9.06. The average Bonchev–Trinajstić information content (AvgIpc) is 2.70. The Balaban J connectivity index is 2.11. The molecule has 3 aliphatic rings. The Labute approximate surface area is 187 Å². The van der Waals surface area contributed by atoms with Crippen LogP contribution in [0.5, 0.6) is 5.75 Å². The molecule has 1 aromatic carbocycles. The van der Waals surface area contributed by atoms with Gasteiger partial charge in [0.15, 0.2) is 11.4 Å². The summed E-state index contributed by atoms with van der Waals surface area (Å²) in [5.41, 5.74) is -1.78. The van der Waals surface area contributed by atoms with Crippen LogP contribution in [0, 0.1) is 11.8 Å². The number of Topliss-reactive ketones (excluding diaryl/α,β-unsaturated/α-hetero) is 2. The van der Waals surface area contributed by atoms with Crippen molar-refractivity contribution in [1.29, 1.82) is 0 Å². The number of nitrogens with zero attached hydrogens (tertiary/aromatic N) is 1. The van der Waals surface area contributed by atoms with Crippen LogP contribution >= 0.6 is 0 Å². The van der Waals surface area contributed by atoms with E-state index in [1.165, 1.54) is 44.1 Å². The summed E-state index contributed by atoms with van der Waals surface area (Å²) < 4.78 is 0. The highest BCUT2D eigenvalue weighted by Crippen LogP contribution is 2.57. The van der Waals surface area contributed by atoms with Crippen LogP contribution in [0.1, 0.15) is 18.1 Å². The van der Waals surface area contributed by atoms with Gasteiger partial charge in [0, 0.05) is 0 Å². The molecule has 0 aliphatic heterocycles. The van der Waals surface area contributed by atoms with Crippen LogP contribution in [0.3, 0.4) is 0 Å². The number of phenols is 1. The van der Waals surface area contributed by atoms with E-state index in [9.17, 15) is 45.0 Å². The molecule has 1 aromatic rings. The second-order valence-electron chi connectivity index (χ2n) is 9.06. The topological polar surface area (TPSA) is 202 Å². The number of carbonyl (C=O) groups excluding carboxylic acids is 3. The minimum Gasteiger partial charge on any atom is -0.508 e. The van der Waals surface area contributed by atoms with E-state index in [1.54, 1.807) is 0 Å². The summed E-state index contributed by atoms with van der Waals surface area (Å²) in [7, 11) is 2.80. The molecule has 0 unspecified atom stereocenters. The van der Waals surface area contributed by atoms with Gasteiger partial charge in [0.05, 0.1) is 40.7 Å². The van der Waals surface area contributed by atoms with Gasteiger partial charge >= 0.3 is 0 Å². The predicted molar refractivity (Wildman–Crippen MR) is 112 cm³/mol. The number of likely N-dealkylation sites (N-methyl/N-ethyl adjacent to an activating group) is 1. The summed E-state index contributed by atoms with van der Waals surface area (Å²) in [5.74, 6) is -9.67. The maximum atomic E-state index is 13.7. The molecule has 3 aliphatic carbocycles. The normalized spacial score (nSPS) is 36.0. The number of nitrogens with two attached hydrogens (primary N) is 1. The summed E-state index contributed by atoms with van der Waals surface area (Å²) in [6, 6.07) is 2.50. The van der Waals surface area contributed by atoms with Gasteiger partial charge in [-0.05, 0) is 32.6 Å². The van der Waals surface area contributed by atoms with Gasteiger partial charge < -0.3 is 36.4 Å². The van der Waals surface area contributed by atoms with Crippen molar-refractivity contribution in [3.8, 4) is 5.75 Å². The van der Waals surface area contributed by atoms with Crippen molar-refractivity contribution in [2.24, 2.45) is 17.6 Å². The summed E-state index contributed by atoms with van der Waals surface area (Å²) in [4.78, 5) is 39.9. The Morgan fingerprint density at radius 1 is 1.12 bits per heavy atom. The first-order valence-corrected chi connectivity index (χ1v) is 10.1.